The van der Waals surface area contributed by atoms with Crippen molar-refractivity contribution in [3.8, 4) is 0 Å². The first-order valence-electron chi connectivity index (χ1n) is 11.3. The van der Waals surface area contributed by atoms with Gasteiger partial charge in [-0.3, -0.25) is 4.79 Å². The Kier molecular flexibility index (Phi) is 6.78. The molecule has 0 saturated carbocycles. The van der Waals surface area contributed by atoms with Crippen LogP contribution in [0.3, 0.4) is 0 Å². The second kappa shape index (κ2) is 9.64. The number of carbonyl (C=O) groups excluding carboxylic acids is 2. The highest BCUT2D eigenvalue weighted by Gasteiger charge is 2.51. The van der Waals surface area contributed by atoms with E-state index in [1.807, 2.05) is 39.8 Å². The van der Waals surface area contributed by atoms with E-state index < -0.39 is 42.1 Å². The number of esters is 1. The molecule has 0 spiro atoms. The topological polar surface area (TPSA) is 73.9 Å². The number of hydrogen-bond acceptors (Lipinski definition) is 5. The average molecular weight is 475 g/mol. The molecule has 1 aliphatic rings. The molecule has 1 unspecified atom stereocenters. The van der Waals surface area contributed by atoms with Crippen molar-refractivity contribution in [1.29, 1.82) is 0 Å². The SMILES string of the molecule is CC1(C)OB(c2ccc(NC(=O)C(OC(=O)c3ccc(F)cc3)c3ccccc3)cc2)OC1(C)C. The summed E-state index contributed by atoms with van der Waals surface area (Å²) in [6, 6.07) is 20.8. The van der Waals surface area contributed by atoms with Gasteiger partial charge >= 0.3 is 13.1 Å². The van der Waals surface area contributed by atoms with Gasteiger partial charge in [-0.15, -0.1) is 0 Å². The Morgan fingerprint density at radius 3 is 2.00 bits per heavy atom. The molecule has 6 nitrogen and oxygen atoms in total. The van der Waals surface area contributed by atoms with Crippen molar-refractivity contribution in [2.24, 2.45) is 0 Å². The molecule has 3 aromatic carbocycles. The van der Waals surface area contributed by atoms with Gasteiger partial charge in [-0.05, 0) is 69.6 Å². The van der Waals surface area contributed by atoms with Crippen molar-refractivity contribution in [3.05, 3.63) is 95.8 Å². The van der Waals surface area contributed by atoms with Gasteiger partial charge in [0.25, 0.3) is 5.91 Å². The third-order valence-electron chi connectivity index (χ3n) is 6.35. The standard InChI is InChI=1S/C27H27BFNO5/c1-26(2)27(3,4)35-28(34-26)20-12-16-22(17-13-20)30-24(31)23(18-8-6-5-7-9-18)33-25(32)19-10-14-21(29)15-11-19/h5-17,23H,1-4H3,(H,30,31). The lowest BCUT2D eigenvalue weighted by atomic mass is 9.79. The molecule has 4 rings (SSSR count). The van der Waals surface area contributed by atoms with Crippen LogP contribution in [0.2, 0.25) is 0 Å². The number of halogens is 1. The van der Waals surface area contributed by atoms with E-state index >= 15 is 0 Å². The van der Waals surface area contributed by atoms with Crippen LogP contribution in [0.15, 0.2) is 78.9 Å². The highest BCUT2D eigenvalue weighted by molar-refractivity contribution is 6.62. The molecule has 1 saturated heterocycles. The summed E-state index contributed by atoms with van der Waals surface area (Å²) in [6.07, 6.45) is -1.20. The highest BCUT2D eigenvalue weighted by atomic mass is 19.1. The largest absolute Gasteiger partial charge is 0.494 e. The van der Waals surface area contributed by atoms with E-state index in [9.17, 15) is 14.0 Å². The summed E-state index contributed by atoms with van der Waals surface area (Å²) in [6.45, 7) is 7.94. The fraction of sp³-hybridized carbons (Fsp3) is 0.259. The Morgan fingerprint density at radius 1 is 0.857 bits per heavy atom. The summed E-state index contributed by atoms with van der Waals surface area (Å²) in [4.78, 5) is 25.8. The average Bonchev–Trinajstić information content (AvgIpc) is 3.05. The first-order chi connectivity index (χ1) is 16.6. The predicted octanol–water partition coefficient (Wildman–Crippen LogP) is 4.66. The molecule has 1 amide bonds. The Morgan fingerprint density at radius 2 is 1.43 bits per heavy atom. The van der Waals surface area contributed by atoms with Gasteiger partial charge in [0.05, 0.1) is 16.8 Å². The van der Waals surface area contributed by atoms with Gasteiger partial charge in [-0.25, -0.2) is 9.18 Å². The number of ether oxygens (including phenoxy) is 1. The summed E-state index contributed by atoms with van der Waals surface area (Å²) in [7, 11) is -0.515. The van der Waals surface area contributed by atoms with E-state index in [2.05, 4.69) is 5.32 Å². The molecule has 1 fully saturated rings. The van der Waals surface area contributed by atoms with E-state index in [1.54, 1.807) is 42.5 Å². The first-order valence-corrected chi connectivity index (χ1v) is 11.3. The van der Waals surface area contributed by atoms with Crippen molar-refractivity contribution in [2.75, 3.05) is 5.32 Å². The van der Waals surface area contributed by atoms with Gasteiger partial charge in [-0.1, -0.05) is 42.5 Å². The van der Waals surface area contributed by atoms with Crippen LogP contribution >= 0.6 is 0 Å². The van der Waals surface area contributed by atoms with Crippen LogP contribution in [0, 0.1) is 5.82 Å². The minimum Gasteiger partial charge on any atom is -0.444 e. The summed E-state index contributed by atoms with van der Waals surface area (Å²) in [5.74, 6) is -1.72. The molecule has 0 bridgehead atoms. The third kappa shape index (κ3) is 5.44. The van der Waals surface area contributed by atoms with E-state index in [0.717, 1.165) is 17.6 Å². The van der Waals surface area contributed by atoms with Gasteiger partial charge in [0, 0.05) is 11.3 Å². The first kappa shape index (κ1) is 24.6. The quantitative estimate of drug-likeness (QED) is 0.415. The van der Waals surface area contributed by atoms with Crippen LogP contribution in [-0.4, -0.2) is 30.2 Å². The number of rotatable bonds is 6. The maximum absolute atomic E-state index is 13.2. The summed E-state index contributed by atoms with van der Waals surface area (Å²) in [5, 5.41) is 2.80. The van der Waals surface area contributed by atoms with Crippen molar-refractivity contribution < 1.29 is 28.0 Å². The lowest BCUT2D eigenvalue weighted by Crippen LogP contribution is -2.41. The number of hydrogen-bond donors (Lipinski definition) is 1. The molecule has 1 aliphatic heterocycles. The second-order valence-corrected chi connectivity index (χ2v) is 9.40. The van der Waals surface area contributed by atoms with Crippen molar-refractivity contribution in [2.45, 2.75) is 45.0 Å². The molecule has 1 N–H and O–H groups in total. The summed E-state index contributed by atoms with van der Waals surface area (Å²) in [5.41, 5.74) is 1.09. The Balaban J connectivity index is 1.49. The number of amides is 1. The Hall–Kier alpha value is -3.49. The third-order valence-corrected chi connectivity index (χ3v) is 6.35. The van der Waals surface area contributed by atoms with E-state index in [1.165, 1.54) is 12.1 Å². The molecule has 0 aromatic heterocycles. The Bertz CT molecular complexity index is 1180. The number of nitrogens with one attached hydrogen (secondary N) is 1. The Labute approximate surface area is 204 Å². The molecule has 8 heteroatoms. The van der Waals surface area contributed by atoms with Crippen molar-refractivity contribution in [1.82, 2.24) is 0 Å². The van der Waals surface area contributed by atoms with Gasteiger partial charge in [0.2, 0.25) is 6.10 Å². The maximum atomic E-state index is 13.2. The van der Waals surface area contributed by atoms with Crippen LogP contribution in [0.5, 0.6) is 0 Å². The van der Waals surface area contributed by atoms with Crippen LogP contribution in [0.1, 0.15) is 49.7 Å². The van der Waals surface area contributed by atoms with Crippen LogP contribution < -0.4 is 10.8 Å². The number of anilines is 1. The normalized spacial score (nSPS) is 17.0. The summed E-state index contributed by atoms with van der Waals surface area (Å²) >= 11 is 0. The smallest absolute Gasteiger partial charge is 0.444 e. The zero-order valence-corrected chi connectivity index (χ0v) is 20.1. The molecular formula is C27H27BFNO5. The number of benzene rings is 3. The minimum absolute atomic E-state index is 0.145. The lowest BCUT2D eigenvalue weighted by Gasteiger charge is -2.32. The lowest BCUT2D eigenvalue weighted by molar-refractivity contribution is -0.125. The van der Waals surface area contributed by atoms with Gasteiger partial charge in [-0.2, -0.15) is 0 Å². The predicted molar refractivity (Wildman–Crippen MR) is 132 cm³/mol. The van der Waals surface area contributed by atoms with Crippen molar-refractivity contribution in [3.63, 3.8) is 0 Å². The zero-order chi connectivity index (χ0) is 25.2. The minimum atomic E-state index is -1.20. The number of carbonyl (C=O) groups is 2. The molecule has 1 atom stereocenters. The molecule has 1 heterocycles. The molecule has 3 aromatic rings. The zero-order valence-electron chi connectivity index (χ0n) is 20.1. The molecule has 35 heavy (non-hydrogen) atoms. The summed E-state index contributed by atoms with van der Waals surface area (Å²) < 4.78 is 30.9. The molecule has 0 radical (unpaired) electrons. The molecule has 0 aliphatic carbocycles. The van der Waals surface area contributed by atoms with E-state index in [0.29, 0.717) is 11.3 Å². The van der Waals surface area contributed by atoms with Crippen LogP contribution in [-0.2, 0) is 18.8 Å². The van der Waals surface area contributed by atoms with Gasteiger partial charge < -0.3 is 19.4 Å². The van der Waals surface area contributed by atoms with Gasteiger partial charge in [0.15, 0.2) is 0 Å². The monoisotopic (exact) mass is 475 g/mol. The molecular weight excluding hydrogens is 448 g/mol. The van der Waals surface area contributed by atoms with E-state index in [-0.39, 0.29) is 5.56 Å². The van der Waals surface area contributed by atoms with Crippen LogP contribution in [0.4, 0.5) is 10.1 Å². The highest BCUT2D eigenvalue weighted by Crippen LogP contribution is 2.36. The fourth-order valence-corrected chi connectivity index (χ4v) is 3.57. The second-order valence-electron chi connectivity index (χ2n) is 9.40. The van der Waals surface area contributed by atoms with Crippen molar-refractivity contribution >= 4 is 30.1 Å². The van der Waals surface area contributed by atoms with Crippen LogP contribution in [0.25, 0.3) is 0 Å². The fourth-order valence-electron chi connectivity index (χ4n) is 3.57. The molecule has 180 valence electrons. The maximum Gasteiger partial charge on any atom is 0.494 e. The van der Waals surface area contributed by atoms with Gasteiger partial charge in [0.1, 0.15) is 5.82 Å². The van der Waals surface area contributed by atoms with E-state index in [4.69, 9.17) is 14.0 Å².